The van der Waals surface area contributed by atoms with E-state index in [0.29, 0.717) is 5.75 Å². The molecule has 2 heterocycles. The van der Waals surface area contributed by atoms with Gasteiger partial charge in [-0.2, -0.15) is 0 Å². The van der Waals surface area contributed by atoms with Gasteiger partial charge in [0.25, 0.3) is 12.3 Å². The van der Waals surface area contributed by atoms with Crippen LogP contribution >= 0.6 is 11.3 Å². The molecule has 0 bridgehead atoms. The Morgan fingerprint density at radius 3 is 2.76 bits per heavy atom. The molecule has 2 amide bonds. The fourth-order valence-corrected chi connectivity index (χ4v) is 3.31. The van der Waals surface area contributed by atoms with E-state index in [-0.39, 0.29) is 17.6 Å². The monoisotopic (exact) mass is 425 g/mol. The van der Waals surface area contributed by atoms with Crippen LogP contribution in [0, 0.1) is 6.92 Å². The molecule has 4 N–H and O–H groups in total. The van der Waals surface area contributed by atoms with Crippen molar-refractivity contribution < 1.29 is 32.6 Å². The van der Waals surface area contributed by atoms with E-state index in [1.165, 1.54) is 29.5 Å². The fraction of sp³-hybridized carbons (Fsp3) is 0.278. The first-order chi connectivity index (χ1) is 13.8. The highest BCUT2D eigenvalue weighted by Crippen LogP contribution is 2.35. The summed E-state index contributed by atoms with van der Waals surface area (Å²) in [6.45, 7) is 1.28. The number of amides is 2. The highest BCUT2D eigenvalue weighted by atomic mass is 32.1. The second-order valence-electron chi connectivity index (χ2n) is 6.06. The van der Waals surface area contributed by atoms with Crippen LogP contribution in [0.1, 0.15) is 33.1 Å². The molecule has 1 atom stereocenters. The van der Waals surface area contributed by atoms with Gasteiger partial charge in [-0.25, -0.2) is 13.8 Å². The summed E-state index contributed by atoms with van der Waals surface area (Å²) < 4.78 is 37.7. The topological polar surface area (TPSA) is 128 Å². The zero-order valence-electron chi connectivity index (χ0n) is 15.1. The Hall–Kier alpha value is -3.05. The lowest BCUT2D eigenvalue weighted by Crippen LogP contribution is -2.46. The number of hydrogen-bond acceptors (Lipinski definition) is 7. The third kappa shape index (κ3) is 4.35. The molecular weight excluding hydrogens is 408 g/mol. The summed E-state index contributed by atoms with van der Waals surface area (Å²) in [5.41, 5.74) is 7.17. The molecule has 1 unspecified atom stereocenters. The average Bonchev–Trinajstić information content (AvgIpc) is 3.26. The van der Waals surface area contributed by atoms with Crippen LogP contribution in [0.15, 0.2) is 28.1 Å². The molecule has 0 saturated carbocycles. The zero-order chi connectivity index (χ0) is 21.1. The molecule has 0 aliphatic carbocycles. The normalized spacial score (nSPS) is 12.3. The number of carbonyl (C=O) groups is 2. The van der Waals surface area contributed by atoms with E-state index in [1.54, 1.807) is 5.51 Å². The third-order valence-corrected chi connectivity index (χ3v) is 5.07. The first kappa shape index (κ1) is 20.7. The number of aromatic nitrogens is 1. The molecule has 0 aliphatic rings. The molecule has 8 nitrogen and oxygen atoms in total. The number of aliphatic hydroxyl groups is 1. The summed E-state index contributed by atoms with van der Waals surface area (Å²) in [6.07, 6.45) is -3.08. The molecule has 2 aromatic heterocycles. The molecule has 0 spiro atoms. The minimum absolute atomic E-state index is 0.0476. The molecule has 154 valence electrons. The minimum atomic E-state index is -3.08. The van der Waals surface area contributed by atoms with Crippen LogP contribution in [0.25, 0.3) is 11.0 Å². The number of nitrogens with zero attached hydrogens (tertiary/aromatic N) is 1. The van der Waals surface area contributed by atoms with Gasteiger partial charge in [0, 0.05) is 5.39 Å². The number of fused-ring (bicyclic) bond motifs is 1. The van der Waals surface area contributed by atoms with Crippen molar-refractivity contribution in [2.24, 2.45) is 5.73 Å². The summed E-state index contributed by atoms with van der Waals surface area (Å²) >= 11 is 1.42. The van der Waals surface area contributed by atoms with Gasteiger partial charge in [0.15, 0.2) is 5.76 Å². The summed E-state index contributed by atoms with van der Waals surface area (Å²) in [5.74, 6) is -2.55. The molecule has 29 heavy (non-hydrogen) atoms. The van der Waals surface area contributed by atoms with Crippen LogP contribution in [0.2, 0.25) is 0 Å². The zero-order valence-corrected chi connectivity index (χ0v) is 16.0. The predicted octanol–water partition coefficient (Wildman–Crippen LogP) is 2.29. The number of nitrogens with one attached hydrogen (secondary N) is 1. The Labute approximate surface area is 167 Å². The lowest BCUT2D eigenvalue weighted by molar-refractivity contribution is -0.120. The lowest BCUT2D eigenvalue weighted by Gasteiger charge is -2.12. The molecule has 3 rings (SSSR count). The highest BCUT2D eigenvalue weighted by molar-refractivity contribution is 7.09. The maximum absolute atomic E-state index is 13.4. The number of halogens is 2. The first-order valence-corrected chi connectivity index (χ1v) is 9.27. The van der Waals surface area contributed by atoms with E-state index in [0.717, 1.165) is 10.6 Å². The second-order valence-corrected chi connectivity index (χ2v) is 7.00. The highest BCUT2D eigenvalue weighted by Gasteiger charge is 2.29. The van der Waals surface area contributed by atoms with Crippen molar-refractivity contribution in [3.63, 3.8) is 0 Å². The van der Waals surface area contributed by atoms with Gasteiger partial charge in [-0.05, 0) is 25.1 Å². The maximum atomic E-state index is 13.4. The van der Waals surface area contributed by atoms with Crippen molar-refractivity contribution in [3.05, 3.63) is 45.6 Å². The molecule has 0 saturated heterocycles. The summed E-state index contributed by atoms with van der Waals surface area (Å²) in [6, 6.07) is 2.91. The number of nitrogens with two attached hydrogens (primary N) is 1. The summed E-state index contributed by atoms with van der Waals surface area (Å²) in [5, 5.41) is 11.4. The number of benzene rings is 1. The maximum Gasteiger partial charge on any atom is 0.296 e. The van der Waals surface area contributed by atoms with E-state index >= 15 is 0 Å². The minimum Gasteiger partial charge on any atom is -0.488 e. The Morgan fingerprint density at radius 1 is 1.41 bits per heavy atom. The standard InChI is InChI=1S/C18H17F2N3O5S/c1-8-13(29-7-22-8)6-27-9-2-3-12-10(4-9)14(15(28-12)16(19)20)18(26)23-11(5-24)17(21)25/h2-4,7,11,16,24H,5-6H2,1H3,(H2,21,25)(H,23,26). The van der Waals surface area contributed by atoms with Gasteiger partial charge in [0.1, 0.15) is 24.0 Å². The van der Waals surface area contributed by atoms with Gasteiger partial charge >= 0.3 is 0 Å². The van der Waals surface area contributed by atoms with Crippen molar-refractivity contribution in [1.82, 2.24) is 10.3 Å². The Bertz CT molecular complexity index is 1050. The summed E-state index contributed by atoms with van der Waals surface area (Å²) in [7, 11) is 0. The van der Waals surface area contributed by atoms with E-state index < -0.39 is 42.2 Å². The van der Waals surface area contributed by atoms with Crippen molar-refractivity contribution in [2.75, 3.05) is 6.61 Å². The molecule has 11 heteroatoms. The fourth-order valence-electron chi connectivity index (χ4n) is 2.62. The SMILES string of the molecule is Cc1ncsc1COc1ccc2oc(C(F)F)c(C(=O)NC(CO)C(N)=O)c2c1. The van der Waals surface area contributed by atoms with Crippen molar-refractivity contribution in [1.29, 1.82) is 0 Å². The number of aryl methyl sites for hydroxylation is 1. The summed E-state index contributed by atoms with van der Waals surface area (Å²) in [4.78, 5) is 28.8. The predicted molar refractivity (Wildman–Crippen MR) is 99.9 cm³/mol. The van der Waals surface area contributed by atoms with Gasteiger partial charge in [-0.15, -0.1) is 11.3 Å². The lowest BCUT2D eigenvalue weighted by atomic mass is 10.1. The van der Waals surface area contributed by atoms with Crippen molar-refractivity contribution in [2.45, 2.75) is 26.0 Å². The van der Waals surface area contributed by atoms with E-state index in [4.69, 9.17) is 20.0 Å². The van der Waals surface area contributed by atoms with Crippen molar-refractivity contribution >= 4 is 34.1 Å². The number of rotatable bonds is 8. The van der Waals surface area contributed by atoms with E-state index in [1.807, 2.05) is 6.92 Å². The molecular formula is C18H17F2N3O5S. The number of furan rings is 1. The molecule has 3 aromatic rings. The van der Waals surface area contributed by atoms with Crippen molar-refractivity contribution in [3.8, 4) is 5.75 Å². The second kappa shape index (κ2) is 8.53. The Morgan fingerprint density at radius 2 is 2.17 bits per heavy atom. The van der Waals surface area contributed by atoms with Gasteiger partial charge in [0.05, 0.1) is 28.3 Å². The largest absolute Gasteiger partial charge is 0.488 e. The van der Waals surface area contributed by atoms with Crippen LogP contribution in [-0.2, 0) is 11.4 Å². The number of ether oxygens (including phenoxy) is 1. The quantitative estimate of drug-likeness (QED) is 0.508. The number of primary amides is 1. The molecule has 1 aromatic carbocycles. The van der Waals surface area contributed by atoms with Crippen LogP contribution in [0.3, 0.4) is 0 Å². The number of aliphatic hydroxyl groups excluding tert-OH is 1. The molecule has 0 aliphatic heterocycles. The number of alkyl halides is 2. The Balaban J connectivity index is 1.95. The average molecular weight is 425 g/mol. The van der Waals surface area contributed by atoms with Gasteiger partial charge in [-0.1, -0.05) is 0 Å². The van der Waals surface area contributed by atoms with Crippen LogP contribution in [0.4, 0.5) is 8.78 Å². The number of hydrogen-bond donors (Lipinski definition) is 3. The Kier molecular flexibility index (Phi) is 6.09. The van der Waals surface area contributed by atoms with Crippen LogP contribution < -0.4 is 15.8 Å². The molecule has 0 fully saturated rings. The number of carbonyl (C=O) groups excluding carboxylic acids is 2. The van der Waals surface area contributed by atoms with Gasteiger partial charge < -0.3 is 25.3 Å². The van der Waals surface area contributed by atoms with Gasteiger partial charge in [-0.3, -0.25) is 9.59 Å². The van der Waals surface area contributed by atoms with Crippen LogP contribution in [-0.4, -0.2) is 34.6 Å². The number of thiazole rings is 1. The third-order valence-electron chi connectivity index (χ3n) is 4.16. The van der Waals surface area contributed by atoms with Gasteiger partial charge in [0.2, 0.25) is 5.91 Å². The molecule has 0 radical (unpaired) electrons. The first-order valence-electron chi connectivity index (χ1n) is 8.39. The van der Waals surface area contributed by atoms with E-state index in [9.17, 15) is 18.4 Å². The smallest absolute Gasteiger partial charge is 0.296 e. The van der Waals surface area contributed by atoms with E-state index in [2.05, 4.69) is 10.3 Å². The van der Waals surface area contributed by atoms with Crippen LogP contribution in [0.5, 0.6) is 5.75 Å².